The SMILES string of the molecule is COC(=O)N1C(=O)C2CC=C3C(CC4C(=O)N(Nc5ccc(Cl)cc5Cl)C(=O)C4(c4ccc(OC)cc4)C3c3ccc(O)c(C)c3)C2C1=O. The number of ether oxygens (including phenoxy) is 2. The van der Waals surface area contributed by atoms with Gasteiger partial charge in [0, 0.05) is 10.9 Å². The zero-order valence-corrected chi connectivity index (χ0v) is 28.1. The van der Waals surface area contributed by atoms with E-state index >= 15 is 4.79 Å². The molecule has 3 aromatic carbocycles. The van der Waals surface area contributed by atoms with E-state index in [0.29, 0.717) is 37.9 Å². The lowest BCUT2D eigenvalue weighted by molar-refractivity contribution is -0.140. The summed E-state index contributed by atoms with van der Waals surface area (Å²) >= 11 is 12.6. The number of anilines is 1. The Bertz CT molecular complexity index is 1980. The van der Waals surface area contributed by atoms with Crippen LogP contribution in [0, 0.1) is 30.6 Å². The summed E-state index contributed by atoms with van der Waals surface area (Å²) in [6.07, 6.45) is 0.964. The minimum absolute atomic E-state index is 0.0255. The van der Waals surface area contributed by atoms with Crippen LogP contribution < -0.4 is 10.2 Å². The van der Waals surface area contributed by atoms with Gasteiger partial charge in [0.2, 0.25) is 11.8 Å². The molecule has 2 N–H and O–H groups in total. The number of hydrogen-bond acceptors (Lipinski definition) is 9. The lowest BCUT2D eigenvalue weighted by Gasteiger charge is -2.50. The van der Waals surface area contributed by atoms with Crippen LogP contribution in [-0.4, -0.2) is 59.0 Å². The van der Waals surface area contributed by atoms with Gasteiger partial charge in [-0.25, -0.2) is 4.79 Å². The van der Waals surface area contributed by atoms with Gasteiger partial charge in [-0.15, -0.1) is 0 Å². The predicted molar refractivity (Wildman–Crippen MR) is 178 cm³/mol. The average molecular weight is 705 g/mol. The fourth-order valence-electron chi connectivity index (χ4n) is 8.35. The molecule has 4 aliphatic rings. The summed E-state index contributed by atoms with van der Waals surface area (Å²) in [7, 11) is 2.62. The maximum atomic E-state index is 15.2. The molecule has 252 valence electrons. The number of allylic oxidation sites excluding steroid dienone is 2. The zero-order valence-electron chi connectivity index (χ0n) is 26.6. The third-order valence-corrected chi connectivity index (χ3v) is 11.0. The maximum Gasteiger partial charge on any atom is 0.423 e. The minimum atomic E-state index is -1.55. The molecule has 6 atom stereocenters. The number of carbonyl (C=O) groups is 5. The molecule has 2 aliphatic heterocycles. The first kappa shape index (κ1) is 32.7. The van der Waals surface area contributed by atoms with Crippen molar-refractivity contribution in [3.05, 3.63) is 99.0 Å². The molecule has 5 amide bonds. The number of phenolic OH excluding ortho intramolecular Hbond substituents is 1. The number of nitrogens with one attached hydrogen (secondary N) is 1. The molecule has 7 rings (SSSR count). The Labute approximate surface area is 291 Å². The summed E-state index contributed by atoms with van der Waals surface area (Å²) in [6, 6.07) is 16.6. The Kier molecular flexibility index (Phi) is 7.95. The van der Waals surface area contributed by atoms with E-state index < -0.39 is 64.7 Å². The molecule has 49 heavy (non-hydrogen) atoms. The van der Waals surface area contributed by atoms with E-state index in [1.165, 1.54) is 19.2 Å². The van der Waals surface area contributed by atoms with Gasteiger partial charge in [0.15, 0.2) is 0 Å². The Morgan fingerprint density at radius 3 is 2.33 bits per heavy atom. The molecule has 1 saturated carbocycles. The van der Waals surface area contributed by atoms with Crippen molar-refractivity contribution in [2.75, 3.05) is 19.6 Å². The van der Waals surface area contributed by atoms with Gasteiger partial charge in [-0.2, -0.15) is 9.91 Å². The summed E-state index contributed by atoms with van der Waals surface area (Å²) in [5.74, 6) is -6.24. The standard InChI is InChI=1S/C36H31Cl2N3O8/c1-17-14-18(4-13-28(17)42)30-22-10-11-23-29(33(45)40(31(23)43)35(47)49-3)24(22)16-25-32(44)41(39-27-12-7-20(37)15-26(27)38)34(46)36(25,30)19-5-8-21(48-2)9-6-19/h4-10,12-15,23-25,29-30,39,42H,11,16H2,1-3H3. The second kappa shape index (κ2) is 11.9. The van der Waals surface area contributed by atoms with E-state index in [1.54, 1.807) is 55.5 Å². The van der Waals surface area contributed by atoms with Crippen LogP contribution in [-0.2, 0) is 29.3 Å². The third kappa shape index (κ3) is 4.74. The van der Waals surface area contributed by atoms with Crippen LogP contribution in [0.3, 0.4) is 0 Å². The van der Waals surface area contributed by atoms with Crippen molar-refractivity contribution in [2.45, 2.75) is 31.1 Å². The van der Waals surface area contributed by atoms with Gasteiger partial charge >= 0.3 is 6.09 Å². The van der Waals surface area contributed by atoms with Gasteiger partial charge in [0.05, 0.1) is 48.1 Å². The van der Waals surface area contributed by atoms with Crippen molar-refractivity contribution >= 4 is 58.6 Å². The van der Waals surface area contributed by atoms with Gasteiger partial charge < -0.3 is 14.6 Å². The number of phenols is 1. The summed E-state index contributed by atoms with van der Waals surface area (Å²) in [4.78, 5) is 70.4. The van der Waals surface area contributed by atoms with Crippen LogP contribution in [0.4, 0.5) is 10.5 Å². The fourth-order valence-corrected chi connectivity index (χ4v) is 8.80. The van der Waals surface area contributed by atoms with Gasteiger partial charge in [-0.3, -0.25) is 24.6 Å². The van der Waals surface area contributed by atoms with Crippen LogP contribution in [0.25, 0.3) is 0 Å². The lowest BCUT2D eigenvalue weighted by atomic mass is 9.49. The highest BCUT2D eigenvalue weighted by atomic mass is 35.5. The number of hydrazine groups is 1. The molecule has 3 fully saturated rings. The molecule has 11 nitrogen and oxygen atoms in total. The smallest absolute Gasteiger partial charge is 0.423 e. The Morgan fingerprint density at radius 2 is 1.67 bits per heavy atom. The topological polar surface area (TPSA) is 143 Å². The van der Waals surface area contributed by atoms with Crippen molar-refractivity contribution < 1.29 is 38.6 Å². The molecule has 3 aromatic rings. The number of benzene rings is 3. The van der Waals surface area contributed by atoms with E-state index in [-0.39, 0.29) is 29.3 Å². The van der Waals surface area contributed by atoms with Crippen LogP contribution in [0.15, 0.2) is 72.3 Å². The molecule has 0 bridgehead atoms. The number of likely N-dealkylation sites (tertiary alicyclic amines) is 1. The van der Waals surface area contributed by atoms with Gasteiger partial charge in [0.25, 0.3) is 11.8 Å². The first-order valence-corrected chi connectivity index (χ1v) is 16.4. The van der Waals surface area contributed by atoms with Crippen molar-refractivity contribution in [1.82, 2.24) is 9.91 Å². The molecule has 13 heteroatoms. The molecular formula is C36H31Cl2N3O8. The van der Waals surface area contributed by atoms with Crippen molar-refractivity contribution in [3.63, 3.8) is 0 Å². The molecule has 0 radical (unpaired) electrons. The van der Waals surface area contributed by atoms with Crippen LogP contribution in [0.2, 0.25) is 10.0 Å². The van der Waals surface area contributed by atoms with Crippen molar-refractivity contribution in [3.8, 4) is 11.5 Å². The van der Waals surface area contributed by atoms with E-state index in [0.717, 1.165) is 12.1 Å². The number of imide groups is 4. The molecule has 6 unspecified atom stereocenters. The van der Waals surface area contributed by atoms with E-state index in [1.807, 2.05) is 6.08 Å². The minimum Gasteiger partial charge on any atom is -0.508 e. The molecule has 2 saturated heterocycles. The van der Waals surface area contributed by atoms with Crippen molar-refractivity contribution in [2.24, 2.45) is 23.7 Å². The molecule has 0 aromatic heterocycles. The summed E-state index contributed by atoms with van der Waals surface area (Å²) in [6.45, 7) is 1.73. The number of hydrogen-bond donors (Lipinski definition) is 2. The van der Waals surface area contributed by atoms with Crippen LogP contribution in [0.1, 0.15) is 35.4 Å². The highest BCUT2D eigenvalue weighted by Crippen LogP contribution is 2.64. The van der Waals surface area contributed by atoms with Gasteiger partial charge in [-0.05, 0) is 78.8 Å². The summed E-state index contributed by atoms with van der Waals surface area (Å²) in [5, 5.41) is 12.0. The number of rotatable bonds is 5. The zero-order chi connectivity index (χ0) is 34.9. The quantitative estimate of drug-likeness (QED) is 0.250. The highest BCUT2D eigenvalue weighted by molar-refractivity contribution is 6.36. The number of carbonyl (C=O) groups excluding carboxylic acids is 5. The number of aromatic hydroxyl groups is 1. The monoisotopic (exact) mass is 703 g/mol. The second-order valence-electron chi connectivity index (χ2n) is 12.7. The molecule has 2 heterocycles. The predicted octanol–water partition coefficient (Wildman–Crippen LogP) is 5.77. The Balaban J connectivity index is 1.46. The van der Waals surface area contributed by atoms with E-state index in [9.17, 15) is 24.3 Å². The number of nitrogens with zero attached hydrogens (tertiary/aromatic N) is 2. The number of fused-ring (bicyclic) bond motifs is 4. The Morgan fingerprint density at radius 1 is 0.939 bits per heavy atom. The third-order valence-electron chi connectivity index (χ3n) is 10.5. The first-order chi connectivity index (χ1) is 23.4. The second-order valence-corrected chi connectivity index (χ2v) is 13.6. The number of aryl methyl sites for hydroxylation is 1. The summed E-state index contributed by atoms with van der Waals surface area (Å²) < 4.78 is 10.2. The fraction of sp³-hybridized carbons (Fsp3) is 0.306. The maximum absolute atomic E-state index is 15.2. The van der Waals surface area contributed by atoms with Crippen LogP contribution >= 0.6 is 23.2 Å². The van der Waals surface area contributed by atoms with Crippen molar-refractivity contribution in [1.29, 1.82) is 0 Å². The largest absolute Gasteiger partial charge is 0.508 e. The molecular weight excluding hydrogens is 673 g/mol. The summed E-state index contributed by atoms with van der Waals surface area (Å²) in [5.41, 5.74) is 4.05. The Hall–Kier alpha value is -4.87. The highest BCUT2D eigenvalue weighted by Gasteiger charge is 2.70. The average Bonchev–Trinajstić information content (AvgIpc) is 3.47. The normalized spacial score (nSPS) is 27.4. The number of methoxy groups -OCH3 is 2. The number of halogens is 2. The molecule has 0 spiro atoms. The first-order valence-electron chi connectivity index (χ1n) is 15.6. The number of amides is 5. The van der Waals surface area contributed by atoms with Gasteiger partial charge in [-0.1, -0.05) is 59.1 Å². The van der Waals surface area contributed by atoms with Crippen LogP contribution in [0.5, 0.6) is 11.5 Å². The van der Waals surface area contributed by atoms with Gasteiger partial charge in [0.1, 0.15) is 11.5 Å². The molecule has 2 aliphatic carbocycles. The van der Waals surface area contributed by atoms with E-state index in [2.05, 4.69) is 5.43 Å². The lowest BCUT2D eigenvalue weighted by Crippen LogP contribution is -2.53. The van der Waals surface area contributed by atoms with E-state index in [4.69, 9.17) is 32.7 Å².